The van der Waals surface area contributed by atoms with Crippen LogP contribution in [-0.2, 0) is 17.9 Å². The second kappa shape index (κ2) is 10.8. The van der Waals surface area contributed by atoms with Crippen LogP contribution in [0.5, 0.6) is 0 Å². The predicted molar refractivity (Wildman–Crippen MR) is 136 cm³/mol. The molecule has 8 heteroatoms. The highest BCUT2D eigenvalue weighted by Gasteiger charge is 2.15. The minimum atomic E-state index is -0.180. The van der Waals surface area contributed by atoms with E-state index < -0.39 is 0 Å². The number of amides is 2. The van der Waals surface area contributed by atoms with Crippen molar-refractivity contribution < 1.29 is 9.59 Å². The Hall–Kier alpha value is -3.91. The van der Waals surface area contributed by atoms with E-state index in [0.29, 0.717) is 23.1 Å². The van der Waals surface area contributed by atoms with Crippen molar-refractivity contribution in [3.05, 3.63) is 96.3 Å². The first-order chi connectivity index (χ1) is 16.5. The summed E-state index contributed by atoms with van der Waals surface area (Å²) in [6.07, 6.45) is 1.73. The van der Waals surface area contributed by atoms with E-state index >= 15 is 0 Å². The molecular weight excluding hydrogens is 446 g/mol. The van der Waals surface area contributed by atoms with Crippen molar-refractivity contribution in [3.8, 4) is 0 Å². The number of hydrogen-bond donors (Lipinski definition) is 2. The molecule has 0 bridgehead atoms. The predicted octanol–water partition coefficient (Wildman–Crippen LogP) is 4.59. The summed E-state index contributed by atoms with van der Waals surface area (Å²) >= 11 is 1.29. The highest BCUT2D eigenvalue weighted by atomic mass is 32.2. The summed E-state index contributed by atoms with van der Waals surface area (Å²) in [6.45, 7) is 6.42. The zero-order valence-corrected chi connectivity index (χ0v) is 19.6. The van der Waals surface area contributed by atoms with Crippen LogP contribution < -0.4 is 10.6 Å². The first kappa shape index (κ1) is 23.3. The number of nitrogens with zero attached hydrogens (tertiary/aromatic N) is 3. The van der Waals surface area contributed by atoms with Crippen LogP contribution in [0.25, 0.3) is 10.8 Å². The van der Waals surface area contributed by atoms with Crippen LogP contribution in [0.4, 0.5) is 5.69 Å². The summed E-state index contributed by atoms with van der Waals surface area (Å²) < 4.78 is 1.84. The molecule has 2 amide bonds. The lowest BCUT2D eigenvalue weighted by Gasteiger charge is -2.10. The molecule has 4 rings (SSSR count). The van der Waals surface area contributed by atoms with Gasteiger partial charge in [0, 0.05) is 17.8 Å². The van der Waals surface area contributed by atoms with Crippen LogP contribution in [0.15, 0.2) is 84.5 Å². The molecule has 34 heavy (non-hydrogen) atoms. The lowest BCUT2D eigenvalue weighted by Crippen LogP contribution is -2.25. The van der Waals surface area contributed by atoms with Crippen molar-refractivity contribution in [2.75, 3.05) is 11.1 Å². The second-order valence-corrected chi connectivity index (χ2v) is 8.69. The van der Waals surface area contributed by atoms with Gasteiger partial charge in [-0.1, -0.05) is 65.9 Å². The van der Waals surface area contributed by atoms with Gasteiger partial charge in [0.25, 0.3) is 5.91 Å². The number of rotatable bonds is 9. The van der Waals surface area contributed by atoms with Gasteiger partial charge < -0.3 is 15.2 Å². The molecule has 172 valence electrons. The number of nitrogens with one attached hydrogen (secondary N) is 2. The van der Waals surface area contributed by atoms with Gasteiger partial charge in [-0.25, -0.2) is 0 Å². The average Bonchev–Trinajstić information content (AvgIpc) is 3.22. The van der Waals surface area contributed by atoms with Crippen molar-refractivity contribution in [1.29, 1.82) is 0 Å². The Bertz CT molecular complexity index is 1350. The minimum Gasteiger partial charge on any atom is -0.345 e. The molecule has 7 nitrogen and oxygen atoms in total. The number of benzene rings is 3. The molecule has 0 fully saturated rings. The highest BCUT2D eigenvalue weighted by molar-refractivity contribution is 7.99. The zero-order valence-electron chi connectivity index (χ0n) is 18.8. The van der Waals surface area contributed by atoms with E-state index in [1.54, 1.807) is 12.1 Å². The largest absolute Gasteiger partial charge is 0.345 e. The van der Waals surface area contributed by atoms with Gasteiger partial charge in [0.15, 0.2) is 11.0 Å². The molecule has 0 aliphatic heterocycles. The van der Waals surface area contributed by atoms with Gasteiger partial charge in [-0.15, -0.1) is 16.8 Å². The van der Waals surface area contributed by atoms with Gasteiger partial charge in [0.2, 0.25) is 5.91 Å². The van der Waals surface area contributed by atoms with Gasteiger partial charge in [-0.05, 0) is 42.0 Å². The molecule has 0 saturated heterocycles. The molecule has 0 aliphatic rings. The van der Waals surface area contributed by atoms with E-state index in [9.17, 15) is 9.59 Å². The van der Waals surface area contributed by atoms with Gasteiger partial charge in [-0.3, -0.25) is 9.59 Å². The van der Waals surface area contributed by atoms with Crippen molar-refractivity contribution in [2.24, 2.45) is 0 Å². The maximum absolute atomic E-state index is 12.5. The maximum Gasteiger partial charge on any atom is 0.251 e. The normalized spacial score (nSPS) is 10.7. The molecule has 4 aromatic rings. The number of anilines is 1. The van der Waals surface area contributed by atoms with Crippen molar-refractivity contribution in [2.45, 2.75) is 25.2 Å². The van der Waals surface area contributed by atoms with Crippen LogP contribution in [-0.4, -0.2) is 32.3 Å². The van der Waals surface area contributed by atoms with Crippen LogP contribution in [0, 0.1) is 6.92 Å². The fourth-order valence-corrected chi connectivity index (χ4v) is 4.28. The number of carbonyl (C=O) groups excluding carboxylic acids is 2. The van der Waals surface area contributed by atoms with Gasteiger partial charge in [-0.2, -0.15) is 0 Å². The Kier molecular flexibility index (Phi) is 7.39. The summed E-state index contributed by atoms with van der Waals surface area (Å²) in [5.74, 6) is 0.458. The summed E-state index contributed by atoms with van der Waals surface area (Å²) in [5.41, 5.74) is 2.36. The Morgan fingerprint density at radius 2 is 1.85 bits per heavy atom. The standard InChI is InChI=1S/C26H25N5O2S/c1-3-13-31-23(16-27-25(33)21-10-6-7-18(2)14-21)29-30-26(31)34-17-24(32)28-22-12-11-19-8-4-5-9-20(19)15-22/h3-12,14-15H,1,13,16-17H2,2H3,(H,27,33)(H,28,32). The van der Waals surface area contributed by atoms with Crippen molar-refractivity contribution in [3.63, 3.8) is 0 Å². The Morgan fingerprint density at radius 1 is 1.03 bits per heavy atom. The Morgan fingerprint density at radius 3 is 2.65 bits per heavy atom. The van der Waals surface area contributed by atoms with Crippen molar-refractivity contribution >= 4 is 40.0 Å². The van der Waals surface area contributed by atoms with Gasteiger partial charge in [0.05, 0.1) is 12.3 Å². The van der Waals surface area contributed by atoms with Gasteiger partial charge >= 0.3 is 0 Å². The van der Waals surface area contributed by atoms with Crippen molar-refractivity contribution in [1.82, 2.24) is 20.1 Å². The number of aryl methyl sites for hydroxylation is 1. The summed E-state index contributed by atoms with van der Waals surface area (Å²) in [5, 5.41) is 17.0. The maximum atomic E-state index is 12.5. The highest BCUT2D eigenvalue weighted by Crippen LogP contribution is 2.21. The molecule has 0 saturated carbocycles. The van der Waals surface area contributed by atoms with E-state index in [1.807, 2.05) is 72.2 Å². The van der Waals surface area contributed by atoms with Crippen LogP contribution in [0.3, 0.4) is 0 Å². The quantitative estimate of drug-likeness (QED) is 0.275. The van der Waals surface area contributed by atoms with Crippen LogP contribution in [0.2, 0.25) is 0 Å². The van der Waals surface area contributed by atoms with E-state index in [2.05, 4.69) is 27.4 Å². The molecule has 1 aromatic heterocycles. The molecule has 0 aliphatic carbocycles. The first-order valence-corrected chi connectivity index (χ1v) is 11.8. The monoisotopic (exact) mass is 471 g/mol. The van der Waals surface area contributed by atoms with E-state index in [0.717, 1.165) is 22.0 Å². The third-order valence-corrected chi connectivity index (χ3v) is 6.12. The zero-order chi connectivity index (χ0) is 23.9. The lowest BCUT2D eigenvalue weighted by atomic mass is 10.1. The Balaban J connectivity index is 1.37. The van der Waals surface area contributed by atoms with E-state index in [-0.39, 0.29) is 24.1 Å². The number of hydrogen-bond acceptors (Lipinski definition) is 5. The molecule has 0 unspecified atom stereocenters. The van der Waals surface area contributed by atoms with Crippen LogP contribution >= 0.6 is 11.8 Å². The Labute approximate surface area is 202 Å². The SMILES string of the molecule is C=CCn1c(CNC(=O)c2cccc(C)c2)nnc1SCC(=O)Nc1ccc2ccccc2c1. The molecule has 2 N–H and O–H groups in total. The molecule has 0 radical (unpaired) electrons. The average molecular weight is 472 g/mol. The van der Waals surface area contributed by atoms with E-state index in [4.69, 9.17) is 0 Å². The number of carbonyl (C=O) groups is 2. The second-order valence-electron chi connectivity index (χ2n) is 7.75. The van der Waals surface area contributed by atoms with Gasteiger partial charge in [0.1, 0.15) is 0 Å². The third kappa shape index (κ3) is 5.71. The topological polar surface area (TPSA) is 88.9 Å². The number of allylic oxidation sites excluding steroid dienone is 1. The summed E-state index contributed by atoms with van der Waals surface area (Å²) in [4.78, 5) is 25.0. The molecular formula is C26H25N5O2S. The third-order valence-electron chi connectivity index (χ3n) is 5.16. The number of thioether (sulfide) groups is 1. The van der Waals surface area contributed by atoms with Crippen LogP contribution in [0.1, 0.15) is 21.7 Å². The number of fused-ring (bicyclic) bond motifs is 1. The van der Waals surface area contributed by atoms with E-state index in [1.165, 1.54) is 11.8 Å². The lowest BCUT2D eigenvalue weighted by molar-refractivity contribution is -0.113. The molecule has 0 atom stereocenters. The fourth-order valence-electron chi connectivity index (χ4n) is 3.51. The minimum absolute atomic E-state index is 0.136. The molecule has 3 aromatic carbocycles. The molecule has 0 spiro atoms. The summed E-state index contributed by atoms with van der Waals surface area (Å²) in [6, 6.07) is 21.2. The number of aromatic nitrogens is 3. The first-order valence-electron chi connectivity index (χ1n) is 10.8. The fraction of sp³-hybridized carbons (Fsp3) is 0.154. The summed E-state index contributed by atoms with van der Waals surface area (Å²) in [7, 11) is 0. The smallest absolute Gasteiger partial charge is 0.251 e. The molecule has 1 heterocycles.